The van der Waals surface area contributed by atoms with E-state index in [4.69, 9.17) is 11.6 Å². The predicted molar refractivity (Wildman–Crippen MR) is 113 cm³/mol. The van der Waals surface area contributed by atoms with Crippen molar-refractivity contribution in [3.63, 3.8) is 0 Å². The van der Waals surface area contributed by atoms with Gasteiger partial charge in [-0.15, -0.1) is 0 Å². The van der Waals surface area contributed by atoms with Crippen molar-refractivity contribution in [2.24, 2.45) is 0 Å². The van der Waals surface area contributed by atoms with Crippen LogP contribution in [0.5, 0.6) is 0 Å². The van der Waals surface area contributed by atoms with Crippen molar-refractivity contribution in [1.82, 2.24) is 4.90 Å². The second-order valence-electron chi connectivity index (χ2n) is 7.26. The van der Waals surface area contributed by atoms with Crippen molar-refractivity contribution >= 4 is 33.2 Å². The van der Waals surface area contributed by atoms with Crippen molar-refractivity contribution < 1.29 is 13.2 Å². The van der Waals surface area contributed by atoms with Crippen LogP contribution in [0.1, 0.15) is 41.6 Å². The van der Waals surface area contributed by atoms with E-state index >= 15 is 0 Å². The molecule has 1 aliphatic carbocycles. The maximum Gasteiger partial charge on any atom is 0.253 e. The molecule has 0 bridgehead atoms. The molecule has 0 N–H and O–H groups in total. The number of amides is 1. The van der Waals surface area contributed by atoms with Gasteiger partial charge in [-0.25, -0.2) is 8.42 Å². The fourth-order valence-corrected chi connectivity index (χ4v) is 4.69. The molecule has 0 aromatic heterocycles. The van der Waals surface area contributed by atoms with Crippen molar-refractivity contribution in [1.29, 1.82) is 0 Å². The molecule has 1 amide bonds. The highest BCUT2D eigenvalue weighted by molar-refractivity contribution is 7.92. The molecule has 0 atom stereocenters. The molecule has 0 spiro atoms. The Kier molecular flexibility index (Phi) is 6.30. The number of benzene rings is 2. The standard InChI is InChI=1S/C21H25ClN2O3S/c1-23(18-8-4-5-9-18)21(25)16-11-13-19(14-12-16)24(28(2,26)27)15-17-7-3-6-10-20(17)22/h3,6-7,10-14,18H,4-5,8-9,15H2,1-2H3. The average Bonchev–Trinajstić information content (AvgIpc) is 3.20. The molecule has 0 aliphatic heterocycles. The Morgan fingerprint density at radius 2 is 1.68 bits per heavy atom. The summed E-state index contributed by atoms with van der Waals surface area (Å²) in [6, 6.07) is 14.2. The molecule has 2 aromatic rings. The third-order valence-corrected chi connectivity index (χ3v) is 6.78. The van der Waals surface area contributed by atoms with Gasteiger partial charge in [0, 0.05) is 23.7 Å². The number of carbonyl (C=O) groups is 1. The lowest BCUT2D eigenvalue weighted by atomic mass is 10.1. The van der Waals surface area contributed by atoms with Crippen LogP contribution >= 0.6 is 11.6 Å². The monoisotopic (exact) mass is 420 g/mol. The first kappa shape index (κ1) is 20.7. The zero-order valence-electron chi connectivity index (χ0n) is 16.1. The third kappa shape index (κ3) is 4.67. The number of rotatable bonds is 6. The highest BCUT2D eigenvalue weighted by atomic mass is 35.5. The predicted octanol–water partition coefficient (Wildman–Crippen LogP) is 4.32. The quantitative estimate of drug-likeness (QED) is 0.699. The average molecular weight is 421 g/mol. The number of halogens is 1. The summed E-state index contributed by atoms with van der Waals surface area (Å²) in [4.78, 5) is 14.5. The summed E-state index contributed by atoms with van der Waals surface area (Å²) in [7, 11) is -1.68. The Bertz CT molecular complexity index is 938. The molecule has 0 saturated heterocycles. The van der Waals surface area contributed by atoms with Crippen molar-refractivity contribution in [3.8, 4) is 0 Å². The summed E-state index contributed by atoms with van der Waals surface area (Å²) in [6.45, 7) is 0.133. The van der Waals surface area contributed by atoms with Crippen LogP contribution in [0, 0.1) is 0 Å². The van der Waals surface area contributed by atoms with Crippen LogP contribution < -0.4 is 4.31 Å². The van der Waals surface area contributed by atoms with Gasteiger partial charge >= 0.3 is 0 Å². The number of anilines is 1. The molecular formula is C21H25ClN2O3S. The lowest BCUT2D eigenvalue weighted by Crippen LogP contribution is -2.35. The minimum Gasteiger partial charge on any atom is -0.339 e. The Morgan fingerprint density at radius 3 is 2.25 bits per heavy atom. The number of hydrogen-bond donors (Lipinski definition) is 0. The van der Waals surface area contributed by atoms with E-state index < -0.39 is 10.0 Å². The third-order valence-electron chi connectivity index (χ3n) is 5.27. The van der Waals surface area contributed by atoms with Crippen LogP contribution in [0.15, 0.2) is 48.5 Å². The highest BCUT2D eigenvalue weighted by Gasteiger charge is 2.25. The van der Waals surface area contributed by atoms with Gasteiger partial charge in [-0.3, -0.25) is 9.10 Å². The van der Waals surface area contributed by atoms with Crippen molar-refractivity contribution in [2.75, 3.05) is 17.6 Å². The summed E-state index contributed by atoms with van der Waals surface area (Å²) >= 11 is 6.20. The van der Waals surface area contributed by atoms with E-state index in [0.29, 0.717) is 22.3 Å². The number of nitrogens with zero attached hydrogens (tertiary/aromatic N) is 2. The molecule has 0 unspecified atom stereocenters. The number of hydrogen-bond acceptors (Lipinski definition) is 3. The first-order valence-corrected chi connectivity index (χ1v) is 11.6. The summed E-state index contributed by atoms with van der Waals surface area (Å²) in [5.74, 6) is -0.0320. The van der Waals surface area contributed by atoms with Gasteiger partial charge in [0.25, 0.3) is 5.91 Å². The summed E-state index contributed by atoms with van der Waals surface area (Å²) in [6.07, 6.45) is 5.57. The maximum atomic E-state index is 12.7. The van der Waals surface area contributed by atoms with E-state index in [1.54, 1.807) is 47.4 Å². The molecule has 28 heavy (non-hydrogen) atoms. The van der Waals surface area contributed by atoms with Crippen molar-refractivity contribution in [2.45, 2.75) is 38.3 Å². The fraction of sp³-hybridized carbons (Fsp3) is 0.381. The molecular weight excluding hydrogens is 396 g/mol. The molecule has 0 radical (unpaired) electrons. The first-order valence-electron chi connectivity index (χ1n) is 9.35. The molecule has 3 rings (SSSR count). The molecule has 150 valence electrons. The minimum absolute atomic E-state index is 0.0320. The normalized spacial score (nSPS) is 14.8. The zero-order valence-corrected chi connectivity index (χ0v) is 17.7. The largest absolute Gasteiger partial charge is 0.339 e. The van der Waals surface area contributed by atoms with Crippen LogP contribution in [0.25, 0.3) is 0 Å². The van der Waals surface area contributed by atoms with Gasteiger partial charge in [0.2, 0.25) is 10.0 Å². The van der Waals surface area contributed by atoms with Gasteiger partial charge in [-0.1, -0.05) is 42.6 Å². The fourth-order valence-electron chi connectivity index (χ4n) is 3.61. The van der Waals surface area contributed by atoms with E-state index in [1.807, 2.05) is 13.1 Å². The molecule has 5 nitrogen and oxygen atoms in total. The second-order valence-corrected chi connectivity index (χ2v) is 9.58. The number of sulfonamides is 1. The van der Waals surface area contributed by atoms with Gasteiger partial charge in [-0.05, 0) is 48.7 Å². The molecule has 0 heterocycles. The van der Waals surface area contributed by atoms with Gasteiger partial charge in [0.1, 0.15) is 0 Å². The summed E-state index contributed by atoms with van der Waals surface area (Å²) in [5, 5.41) is 0.515. The smallest absolute Gasteiger partial charge is 0.253 e. The Morgan fingerprint density at radius 1 is 1.07 bits per heavy atom. The Balaban J connectivity index is 1.82. The summed E-state index contributed by atoms with van der Waals surface area (Å²) in [5.41, 5.74) is 1.78. The number of carbonyl (C=O) groups excluding carboxylic acids is 1. The second kappa shape index (κ2) is 8.53. The molecule has 1 saturated carbocycles. The zero-order chi connectivity index (χ0) is 20.3. The van der Waals surface area contributed by atoms with E-state index in [9.17, 15) is 13.2 Å². The lowest BCUT2D eigenvalue weighted by molar-refractivity contribution is 0.0735. The van der Waals surface area contributed by atoms with E-state index in [2.05, 4.69) is 0 Å². The lowest BCUT2D eigenvalue weighted by Gasteiger charge is -2.25. The van der Waals surface area contributed by atoms with Gasteiger partial charge in [0.15, 0.2) is 0 Å². The van der Waals surface area contributed by atoms with Crippen LogP contribution in [-0.4, -0.2) is 38.6 Å². The van der Waals surface area contributed by atoms with Gasteiger partial charge in [0.05, 0.1) is 18.5 Å². The van der Waals surface area contributed by atoms with Crippen LogP contribution in [0.4, 0.5) is 5.69 Å². The van der Waals surface area contributed by atoms with Gasteiger partial charge < -0.3 is 4.90 Å². The Hall–Kier alpha value is -2.05. The molecule has 1 fully saturated rings. The molecule has 7 heteroatoms. The van der Waals surface area contributed by atoms with Crippen LogP contribution in [0.2, 0.25) is 5.02 Å². The molecule has 2 aromatic carbocycles. The SMILES string of the molecule is CN(C(=O)c1ccc(N(Cc2ccccc2Cl)S(C)(=O)=O)cc1)C1CCCC1. The van der Waals surface area contributed by atoms with E-state index in [0.717, 1.165) is 37.5 Å². The van der Waals surface area contributed by atoms with Gasteiger partial charge in [-0.2, -0.15) is 0 Å². The topological polar surface area (TPSA) is 57.7 Å². The van der Waals surface area contributed by atoms with E-state index in [-0.39, 0.29) is 12.5 Å². The highest BCUT2D eigenvalue weighted by Crippen LogP contribution is 2.26. The van der Waals surface area contributed by atoms with E-state index in [1.165, 1.54) is 4.31 Å². The Labute approximate surface area is 172 Å². The minimum atomic E-state index is -3.52. The van der Waals surface area contributed by atoms with Crippen LogP contribution in [-0.2, 0) is 16.6 Å². The summed E-state index contributed by atoms with van der Waals surface area (Å²) < 4.78 is 26.0. The van der Waals surface area contributed by atoms with Crippen molar-refractivity contribution in [3.05, 3.63) is 64.7 Å². The molecule has 1 aliphatic rings. The first-order chi connectivity index (χ1) is 13.3. The maximum absolute atomic E-state index is 12.7. The van der Waals surface area contributed by atoms with Crippen LogP contribution in [0.3, 0.4) is 0 Å².